The van der Waals surface area contributed by atoms with E-state index in [0.717, 1.165) is 32.5 Å². The molecule has 1 aromatic heterocycles. The fourth-order valence-electron chi connectivity index (χ4n) is 2.72. The second-order valence-electron chi connectivity index (χ2n) is 6.80. The average molecular weight is 396 g/mol. The van der Waals surface area contributed by atoms with Crippen LogP contribution in [0.5, 0.6) is 5.75 Å². The Kier molecular flexibility index (Phi) is 6.82. The number of esters is 1. The van der Waals surface area contributed by atoms with E-state index in [4.69, 9.17) is 14.5 Å². The van der Waals surface area contributed by atoms with E-state index in [1.54, 1.807) is 18.3 Å². The first-order valence-corrected chi connectivity index (χ1v) is 10.3. The van der Waals surface area contributed by atoms with E-state index in [-0.39, 0.29) is 18.5 Å². The lowest BCUT2D eigenvalue weighted by Crippen LogP contribution is -2.03. The Morgan fingerprint density at radius 1 is 1.04 bits per heavy atom. The van der Waals surface area contributed by atoms with Crippen molar-refractivity contribution in [1.29, 1.82) is 0 Å². The van der Waals surface area contributed by atoms with Gasteiger partial charge in [0.25, 0.3) is 0 Å². The highest BCUT2D eigenvalue weighted by Crippen LogP contribution is 2.33. The summed E-state index contributed by atoms with van der Waals surface area (Å²) in [5.41, 5.74) is 3.17. The van der Waals surface area contributed by atoms with Crippen molar-refractivity contribution >= 4 is 17.3 Å². The van der Waals surface area contributed by atoms with E-state index in [0.29, 0.717) is 13.0 Å². The summed E-state index contributed by atoms with van der Waals surface area (Å²) in [6, 6.07) is 18.1. The maximum atomic E-state index is 11.5. The zero-order valence-electron chi connectivity index (χ0n) is 16.5. The number of benzene rings is 2. The Morgan fingerprint density at radius 3 is 2.39 bits per heavy atom. The van der Waals surface area contributed by atoms with E-state index < -0.39 is 0 Å². The van der Waals surface area contributed by atoms with Crippen molar-refractivity contribution in [1.82, 2.24) is 4.98 Å². The van der Waals surface area contributed by atoms with Crippen LogP contribution in [0.1, 0.15) is 49.2 Å². The van der Waals surface area contributed by atoms with Gasteiger partial charge in [-0.3, -0.25) is 4.79 Å². The van der Waals surface area contributed by atoms with Crippen LogP contribution in [0.4, 0.5) is 0 Å². The second-order valence-corrected chi connectivity index (χ2v) is 7.88. The molecule has 0 aliphatic carbocycles. The number of carbonyl (C=O) groups excluding carboxylic acids is 1. The van der Waals surface area contributed by atoms with Gasteiger partial charge in [0.05, 0.1) is 10.6 Å². The Labute approximate surface area is 170 Å². The molecule has 0 N–H and O–H groups in total. The molecule has 0 atom stereocenters. The zero-order valence-corrected chi connectivity index (χ0v) is 17.3. The van der Waals surface area contributed by atoms with Crippen LogP contribution < -0.4 is 4.74 Å². The number of hydrogen-bond acceptors (Lipinski definition) is 5. The lowest BCUT2D eigenvalue weighted by Gasteiger charge is -2.06. The first-order chi connectivity index (χ1) is 13.6. The number of hydrogen-bond donors (Lipinski definition) is 0. The van der Waals surface area contributed by atoms with Crippen LogP contribution >= 0.6 is 11.3 Å². The second kappa shape index (κ2) is 9.51. The Morgan fingerprint density at radius 2 is 1.75 bits per heavy atom. The van der Waals surface area contributed by atoms with Crippen molar-refractivity contribution in [2.75, 3.05) is 0 Å². The third-order valence-corrected chi connectivity index (χ3v) is 5.37. The quantitative estimate of drug-likeness (QED) is 0.441. The van der Waals surface area contributed by atoms with Crippen molar-refractivity contribution in [3.05, 3.63) is 70.7 Å². The molecule has 3 aromatic rings. The summed E-state index contributed by atoms with van der Waals surface area (Å²) in [6.07, 6.45) is 0.382. The largest absolute Gasteiger partial charge is 0.489 e. The number of thiazole rings is 1. The van der Waals surface area contributed by atoms with Crippen molar-refractivity contribution in [3.8, 4) is 16.3 Å². The summed E-state index contributed by atoms with van der Waals surface area (Å²) in [6.45, 7) is 6.83. The summed E-state index contributed by atoms with van der Waals surface area (Å²) in [5.74, 6) is 0.906. The molecule has 3 rings (SSSR count). The lowest BCUT2D eigenvalue weighted by molar-refractivity contribution is -0.144. The minimum Gasteiger partial charge on any atom is -0.489 e. The van der Waals surface area contributed by atoms with E-state index >= 15 is 0 Å². The van der Waals surface area contributed by atoms with Gasteiger partial charge < -0.3 is 9.47 Å². The molecule has 0 aliphatic rings. The number of ether oxygens (including phenoxy) is 2. The zero-order chi connectivity index (χ0) is 19.9. The standard InChI is InChI=1S/C23H25NO3S/c1-4-21(25)27-15-20-22(16(2)3)24-23(28-20)18-10-12-19(13-11-18)26-14-17-8-6-5-7-9-17/h5-13,16H,4,14-15H2,1-3H3. The van der Waals surface area contributed by atoms with Gasteiger partial charge in [-0.25, -0.2) is 4.98 Å². The third kappa shape index (κ3) is 5.20. The molecule has 0 bridgehead atoms. The van der Waals surface area contributed by atoms with E-state index in [1.165, 1.54) is 0 Å². The van der Waals surface area contributed by atoms with Crippen LogP contribution in [0.15, 0.2) is 54.6 Å². The summed E-state index contributed by atoms with van der Waals surface area (Å²) < 4.78 is 11.2. The van der Waals surface area contributed by atoms with Crippen molar-refractivity contribution in [2.24, 2.45) is 0 Å². The molecule has 1 heterocycles. The fraction of sp³-hybridized carbons (Fsp3) is 0.304. The number of rotatable bonds is 8. The van der Waals surface area contributed by atoms with E-state index in [1.807, 2.05) is 54.6 Å². The average Bonchev–Trinajstić information content (AvgIpc) is 3.16. The highest BCUT2D eigenvalue weighted by Gasteiger charge is 2.16. The first-order valence-electron chi connectivity index (χ1n) is 9.49. The molecule has 0 radical (unpaired) electrons. The summed E-state index contributed by atoms with van der Waals surface area (Å²) in [5, 5.41) is 0.931. The molecule has 0 aliphatic heterocycles. The molecule has 2 aromatic carbocycles. The fourth-order valence-corrected chi connectivity index (χ4v) is 3.86. The highest BCUT2D eigenvalue weighted by molar-refractivity contribution is 7.15. The smallest absolute Gasteiger partial charge is 0.305 e. The van der Waals surface area contributed by atoms with Crippen LogP contribution in [-0.4, -0.2) is 11.0 Å². The number of nitrogens with zero attached hydrogens (tertiary/aromatic N) is 1. The van der Waals surface area contributed by atoms with Crippen LogP contribution in [0.25, 0.3) is 10.6 Å². The Hall–Kier alpha value is -2.66. The van der Waals surface area contributed by atoms with Gasteiger partial charge in [0.2, 0.25) is 0 Å². The molecule has 4 nitrogen and oxygen atoms in total. The Balaban J connectivity index is 1.71. The molecule has 0 amide bonds. The van der Waals surface area contributed by atoms with Crippen molar-refractivity contribution in [3.63, 3.8) is 0 Å². The van der Waals surface area contributed by atoms with Crippen molar-refractivity contribution in [2.45, 2.75) is 46.3 Å². The van der Waals surface area contributed by atoms with Gasteiger partial charge in [-0.1, -0.05) is 51.1 Å². The molecule has 0 fully saturated rings. The Bertz CT molecular complexity index is 901. The highest BCUT2D eigenvalue weighted by atomic mass is 32.1. The molecular formula is C23H25NO3S. The maximum absolute atomic E-state index is 11.5. The lowest BCUT2D eigenvalue weighted by atomic mass is 10.1. The normalized spacial score (nSPS) is 10.9. The molecule has 0 saturated heterocycles. The van der Waals surface area contributed by atoms with Gasteiger partial charge in [-0.15, -0.1) is 11.3 Å². The molecule has 146 valence electrons. The van der Waals surface area contributed by atoms with Crippen LogP contribution in [0.3, 0.4) is 0 Å². The van der Waals surface area contributed by atoms with Gasteiger partial charge in [0.15, 0.2) is 0 Å². The summed E-state index contributed by atoms with van der Waals surface area (Å²) in [7, 11) is 0. The topological polar surface area (TPSA) is 48.4 Å². The van der Waals surface area contributed by atoms with Crippen LogP contribution in [0, 0.1) is 0 Å². The van der Waals surface area contributed by atoms with Gasteiger partial charge in [0, 0.05) is 12.0 Å². The van der Waals surface area contributed by atoms with Crippen LogP contribution in [0.2, 0.25) is 0 Å². The molecule has 5 heteroatoms. The van der Waals surface area contributed by atoms with Gasteiger partial charge >= 0.3 is 5.97 Å². The van der Waals surface area contributed by atoms with Gasteiger partial charge in [0.1, 0.15) is 24.0 Å². The minimum atomic E-state index is -0.190. The minimum absolute atomic E-state index is 0.190. The third-order valence-electron chi connectivity index (χ3n) is 4.28. The SMILES string of the molecule is CCC(=O)OCc1sc(-c2ccc(OCc3ccccc3)cc2)nc1C(C)C. The molecule has 0 saturated carbocycles. The van der Waals surface area contributed by atoms with Gasteiger partial charge in [-0.2, -0.15) is 0 Å². The molecule has 0 unspecified atom stereocenters. The monoisotopic (exact) mass is 395 g/mol. The van der Waals surface area contributed by atoms with Gasteiger partial charge in [-0.05, 0) is 35.7 Å². The predicted octanol–water partition coefficient (Wildman–Crippen LogP) is 5.97. The molecule has 28 heavy (non-hydrogen) atoms. The van der Waals surface area contributed by atoms with E-state index in [9.17, 15) is 4.79 Å². The summed E-state index contributed by atoms with van der Waals surface area (Å²) >= 11 is 1.58. The summed E-state index contributed by atoms with van der Waals surface area (Å²) in [4.78, 5) is 17.3. The number of aromatic nitrogens is 1. The first kappa shape index (κ1) is 20.1. The molecule has 0 spiro atoms. The maximum Gasteiger partial charge on any atom is 0.305 e. The van der Waals surface area contributed by atoms with Crippen LogP contribution in [-0.2, 0) is 22.7 Å². The molecular weight excluding hydrogens is 370 g/mol. The van der Waals surface area contributed by atoms with E-state index in [2.05, 4.69) is 13.8 Å². The van der Waals surface area contributed by atoms with Crippen molar-refractivity contribution < 1.29 is 14.3 Å². The number of carbonyl (C=O) groups is 1. The predicted molar refractivity (Wildman–Crippen MR) is 113 cm³/mol.